The van der Waals surface area contributed by atoms with Gasteiger partial charge in [0.2, 0.25) is 0 Å². The van der Waals surface area contributed by atoms with Crippen LogP contribution in [-0.4, -0.2) is 27.8 Å². The molecule has 94 valence electrons. The third kappa shape index (κ3) is 3.37. The molecule has 0 aliphatic heterocycles. The lowest BCUT2D eigenvalue weighted by Gasteiger charge is -2.17. The molecule has 1 aromatic carbocycles. The van der Waals surface area contributed by atoms with Crippen LogP contribution in [-0.2, 0) is 0 Å². The zero-order valence-corrected chi connectivity index (χ0v) is 9.67. The number of hydrogen-bond donors (Lipinski definition) is 3. The maximum absolute atomic E-state index is 10.6. The van der Waals surface area contributed by atoms with Crippen molar-refractivity contribution < 1.29 is 15.1 Å². The summed E-state index contributed by atoms with van der Waals surface area (Å²) in [6, 6.07) is 3.89. The Bertz CT molecular complexity index is 413. The molecule has 0 aliphatic rings. The van der Waals surface area contributed by atoms with Gasteiger partial charge in [0, 0.05) is 6.07 Å². The molecule has 7 heteroatoms. The number of aliphatic hydroxyl groups is 2. The van der Waals surface area contributed by atoms with Crippen LogP contribution in [0.2, 0.25) is 5.02 Å². The van der Waals surface area contributed by atoms with Crippen molar-refractivity contribution >= 4 is 17.3 Å². The number of halogens is 1. The molecular weight excluding hydrogens is 248 g/mol. The minimum absolute atomic E-state index is 0.0146. The van der Waals surface area contributed by atoms with Crippen molar-refractivity contribution in [2.24, 2.45) is 5.73 Å². The van der Waals surface area contributed by atoms with Gasteiger partial charge < -0.3 is 15.9 Å². The van der Waals surface area contributed by atoms with Crippen LogP contribution in [0.4, 0.5) is 5.69 Å². The smallest absolute Gasteiger partial charge is 0.288 e. The molecule has 1 aromatic rings. The van der Waals surface area contributed by atoms with E-state index in [1.165, 1.54) is 12.1 Å². The summed E-state index contributed by atoms with van der Waals surface area (Å²) >= 11 is 5.63. The van der Waals surface area contributed by atoms with Crippen LogP contribution in [0.5, 0.6) is 0 Å². The maximum atomic E-state index is 10.6. The van der Waals surface area contributed by atoms with E-state index in [2.05, 4.69) is 0 Å². The summed E-state index contributed by atoms with van der Waals surface area (Å²) < 4.78 is 0. The third-order valence-corrected chi connectivity index (χ3v) is 2.65. The van der Waals surface area contributed by atoms with E-state index in [9.17, 15) is 20.3 Å². The molecule has 0 heterocycles. The fourth-order valence-electron chi connectivity index (χ4n) is 1.40. The van der Waals surface area contributed by atoms with E-state index >= 15 is 0 Å². The molecule has 0 amide bonds. The lowest BCUT2D eigenvalue weighted by Crippen LogP contribution is -2.21. The van der Waals surface area contributed by atoms with Crippen LogP contribution >= 0.6 is 11.6 Å². The molecule has 4 N–H and O–H groups in total. The van der Waals surface area contributed by atoms with Crippen molar-refractivity contribution in [3.05, 3.63) is 38.9 Å². The van der Waals surface area contributed by atoms with Gasteiger partial charge in [-0.2, -0.15) is 0 Å². The number of nitro benzene ring substituents is 1. The van der Waals surface area contributed by atoms with E-state index in [0.29, 0.717) is 0 Å². The van der Waals surface area contributed by atoms with Crippen LogP contribution in [0.3, 0.4) is 0 Å². The standard InChI is InChI=1S/C10H13ClN2O4/c11-7-2-1-6(5-8(7)13(16)17)10(15)9(14)3-4-12/h1-2,5,9-10,14-15H,3-4,12H2. The molecular formula is C10H13ClN2O4. The monoisotopic (exact) mass is 260 g/mol. The normalized spacial score (nSPS) is 14.4. The van der Waals surface area contributed by atoms with Crippen molar-refractivity contribution in [2.45, 2.75) is 18.6 Å². The predicted octanol–water partition coefficient (Wildman–Crippen LogP) is 0.991. The van der Waals surface area contributed by atoms with Crippen molar-refractivity contribution in [3.63, 3.8) is 0 Å². The summed E-state index contributed by atoms with van der Waals surface area (Å²) in [5.41, 5.74) is 5.18. The predicted molar refractivity (Wildman–Crippen MR) is 62.7 cm³/mol. The fourth-order valence-corrected chi connectivity index (χ4v) is 1.59. The highest BCUT2D eigenvalue weighted by molar-refractivity contribution is 6.32. The van der Waals surface area contributed by atoms with Gasteiger partial charge >= 0.3 is 0 Å². The number of benzene rings is 1. The number of aliphatic hydroxyl groups excluding tert-OH is 2. The molecule has 0 saturated carbocycles. The Balaban J connectivity index is 2.99. The van der Waals surface area contributed by atoms with Gasteiger partial charge in [-0.15, -0.1) is 0 Å². The molecule has 17 heavy (non-hydrogen) atoms. The van der Waals surface area contributed by atoms with Gasteiger partial charge in [-0.25, -0.2) is 0 Å². The third-order valence-electron chi connectivity index (χ3n) is 2.34. The second-order valence-electron chi connectivity index (χ2n) is 3.56. The Kier molecular flexibility index (Phi) is 4.83. The molecule has 0 radical (unpaired) electrons. The minimum atomic E-state index is -1.21. The van der Waals surface area contributed by atoms with Gasteiger partial charge in [-0.05, 0) is 24.6 Å². The Labute approximate surface area is 103 Å². The van der Waals surface area contributed by atoms with E-state index in [1.54, 1.807) is 0 Å². The fraction of sp³-hybridized carbons (Fsp3) is 0.400. The van der Waals surface area contributed by atoms with Crippen molar-refractivity contribution in [3.8, 4) is 0 Å². The summed E-state index contributed by atoms with van der Waals surface area (Å²) in [5.74, 6) is 0. The lowest BCUT2D eigenvalue weighted by molar-refractivity contribution is -0.384. The quantitative estimate of drug-likeness (QED) is 0.540. The first-order chi connectivity index (χ1) is 7.97. The molecule has 0 aromatic heterocycles. The van der Waals surface area contributed by atoms with Crippen molar-refractivity contribution in [1.82, 2.24) is 0 Å². The first kappa shape index (κ1) is 13.9. The lowest BCUT2D eigenvalue weighted by atomic mass is 10.0. The Hall–Kier alpha value is -1.21. The zero-order chi connectivity index (χ0) is 13.0. The van der Waals surface area contributed by atoms with Gasteiger partial charge in [0.25, 0.3) is 5.69 Å². The average molecular weight is 261 g/mol. The molecule has 1 rings (SSSR count). The largest absolute Gasteiger partial charge is 0.390 e. The first-order valence-corrected chi connectivity index (χ1v) is 5.35. The summed E-state index contributed by atoms with van der Waals surface area (Å²) in [6.07, 6.45) is -2.06. The van der Waals surface area contributed by atoms with Crippen molar-refractivity contribution in [1.29, 1.82) is 0 Å². The van der Waals surface area contributed by atoms with Gasteiger partial charge in [0.1, 0.15) is 11.1 Å². The Morgan fingerprint density at radius 3 is 2.65 bits per heavy atom. The highest BCUT2D eigenvalue weighted by Crippen LogP contribution is 2.29. The van der Waals surface area contributed by atoms with Gasteiger partial charge in [0.05, 0.1) is 11.0 Å². The summed E-state index contributed by atoms with van der Waals surface area (Å²) in [7, 11) is 0. The van der Waals surface area contributed by atoms with E-state index in [-0.39, 0.29) is 29.2 Å². The molecule has 0 saturated heterocycles. The SMILES string of the molecule is NCCC(O)C(O)c1ccc(Cl)c([N+](=O)[O-])c1. The second kappa shape index (κ2) is 5.92. The van der Waals surface area contributed by atoms with Crippen molar-refractivity contribution in [2.75, 3.05) is 6.54 Å². The minimum Gasteiger partial charge on any atom is -0.390 e. The average Bonchev–Trinajstić information content (AvgIpc) is 2.28. The number of nitrogens with two attached hydrogens (primary N) is 1. The molecule has 0 spiro atoms. The van der Waals surface area contributed by atoms with E-state index < -0.39 is 17.1 Å². The van der Waals surface area contributed by atoms with Gasteiger partial charge in [-0.1, -0.05) is 17.7 Å². The molecule has 6 nitrogen and oxygen atoms in total. The van der Waals surface area contributed by atoms with Crippen LogP contribution in [0.1, 0.15) is 18.1 Å². The number of nitrogens with zero attached hydrogens (tertiary/aromatic N) is 1. The number of nitro groups is 1. The molecule has 0 fully saturated rings. The highest BCUT2D eigenvalue weighted by Gasteiger charge is 2.21. The topological polar surface area (TPSA) is 110 Å². The summed E-state index contributed by atoms with van der Waals surface area (Å²) in [5, 5.41) is 29.9. The van der Waals surface area contributed by atoms with E-state index in [1.807, 2.05) is 0 Å². The van der Waals surface area contributed by atoms with E-state index in [0.717, 1.165) is 6.07 Å². The summed E-state index contributed by atoms with van der Waals surface area (Å²) in [4.78, 5) is 10.0. The maximum Gasteiger partial charge on any atom is 0.288 e. The van der Waals surface area contributed by atoms with Crippen LogP contribution in [0, 0.1) is 10.1 Å². The first-order valence-electron chi connectivity index (χ1n) is 4.97. The number of rotatable bonds is 5. The molecule has 2 unspecified atom stereocenters. The van der Waals surface area contributed by atoms with Crippen LogP contribution < -0.4 is 5.73 Å². The zero-order valence-electron chi connectivity index (χ0n) is 8.91. The van der Waals surface area contributed by atoms with Gasteiger partial charge in [0.15, 0.2) is 0 Å². The highest BCUT2D eigenvalue weighted by atomic mass is 35.5. The molecule has 0 aliphatic carbocycles. The summed E-state index contributed by atoms with van der Waals surface area (Å²) in [6.45, 7) is 0.216. The second-order valence-corrected chi connectivity index (χ2v) is 3.96. The Morgan fingerprint density at radius 1 is 1.47 bits per heavy atom. The Morgan fingerprint density at radius 2 is 2.12 bits per heavy atom. The number of hydrogen-bond acceptors (Lipinski definition) is 5. The van der Waals surface area contributed by atoms with Crippen LogP contribution in [0.25, 0.3) is 0 Å². The molecule has 2 atom stereocenters. The van der Waals surface area contributed by atoms with Gasteiger partial charge in [-0.3, -0.25) is 10.1 Å². The van der Waals surface area contributed by atoms with Crippen LogP contribution in [0.15, 0.2) is 18.2 Å². The molecule has 0 bridgehead atoms. The van der Waals surface area contributed by atoms with E-state index in [4.69, 9.17) is 17.3 Å².